The molecule has 0 radical (unpaired) electrons. The van der Waals surface area contributed by atoms with E-state index in [1.165, 1.54) is 17.5 Å². The van der Waals surface area contributed by atoms with E-state index in [2.05, 4.69) is 5.32 Å². The second-order valence-corrected chi connectivity index (χ2v) is 3.33. The van der Waals surface area contributed by atoms with Crippen LogP contribution in [0.2, 0.25) is 0 Å². The molecule has 0 bridgehead atoms. The van der Waals surface area contributed by atoms with Gasteiger partial charge in [-0.05, 0) is 18.4 Å². The first-order valence-electron chi connectivity index (χ1n) is 4.34. The highest BCUT2D eigenvalue weighted by atomic mass is 32.1. The van der Waals surface area contributed by atoms with Crippen LogP contribution in [0, 0.1) is 11.3 Å². The standard InChI is InChI=1S/C10H10N2O2S/c1-2-14-10(13)8(5-11)6-12-9-3-4-15-7-9/h3-4,6-7,12H,2H2,1H3. The van der Waals surface area contributed by atoms with Crippen molar-refractivity contribution in [3.63, 3.8) is 0 Å². The van der Waals surface area contributed by atoms with Crippen molar-refractivity contribution in [1.29, 1.82) is 5.26 Å². The topological polar surface area (TPSA) is 62.1 Å². The number of carbonyl (C=O) groups is 1. The number of thiophene rings is 1. The molecule has 15 heavy (non-hydrogen) atoms. The molecule has 0 aliphatic rings. The van der Waals surface area contributed by atoms with Crippen LogP contribution in [0.5, 0.6) is 0 Å². The van der Waals surface area contributed by atoms with Gasteiger partial charge in [-0.1, -0.05) is 0 Å². The summed E-state index contributed by atoms with van der Waals surface area (Å²) in [7, 11) is 0. The summed E-state index contributed by atoms with van der Waals surface area (Å²) >= 11 is 1.53. The van der Waals surface area contributed by atoms with Crippen LogP contribution in [0.4, 0.5) is 5.69 Å². The Hall–Kier alpha value is -1.80. The van der Waals surface area contributed by atoms with Crippen LogP contribution in [0.15, 0.2) is 28.6 Å². The maximum Gasteiger partial charge on any atom is 0.350 e. The fraction of sp³-hybridized carbons (Fsp3) is 0.200. The Morgan fingerprint density at radius 3 is 3.13 bits per heavy atom. The monoisotopic (exact) mass is 222 g/mol. The van der Waals surface area contributed by atoms with Crippen LogP contribution in [-0.2, 0) is 9.53 Å². The molecule has 1 N–H and O–H groups in total. The molecule has 0 spiro atoms. The fourth-order valence-corrected chi connectivity index (χ4v) is 1.44. The van der Waals surface area contributed by atoms with Crippen LogP contribution >= 0.6 is 11.3 Å². The minimum absolute atomic E-state index is 0.0388. The van der Waals surface area contributed by atoms with E-state index in [9.17, 15) is 4.79 Å². The molecule has 1 aromatic rings. The van der Waals surface area contributed by atoms with E-state index in [0.717, 1.165) is 5.69 Å². The summed E-state index contributed by atoms with van der Waals surface area (Å²) in [6.45, 7) is 1.95. The van der Waals surface area contributed by atoms with E-state index in [1.807, 2.05) is 16.8 Å². The molecule has 1 aromatic heterocycles. The van der Waals surface area contributed by atoms with E-state index >= 15 is 0 Å². The molecule has 78 valence electrons. The first-order chi connectivity index (χ1) is 7.27. The average molecular weight is 222 g/mol. The van der Waals surface area contributed by atoms with Gasteiger partial charge in [0.05, 0.1) is 6.61 Å². The molecule has 1 rings (SSSR count). The third kappa shape index (κ3) is 3.44. The van der Waals surface area contributed by atoms with Gasteiger partial charge in [-0.3, -0.25) is 0 Å². The van der Waals surface area contributed by atoms with E-state index in [-0.39, 0.29) is 12.2 Å². The third-order valence-electron chi connectivity index (χ3n) is 1.52. The normalized spacial score (nSPS) is 10.5. The molecule has 1 heterocycles. The average Bonchev–Trinajstić information content (AvgIpc) is 2.72. The van der Waals surface area contributed by atoms with Gasteiger partial charge < -0.3 is 10.1 Å². The molecule has 0 saturated heterocycles. The molecule has 0 atom stereocenters. The van der Waals surface area contributed by atoms with Crippen molar-refractivity contribution in [3.8, 4) is 6.07 Å². The maximum absolute atomic E-state index is 11.2. The lowest BCUT2D eigenvalue weighted by atomic mass is 10.3. The van der Waals surface area contributed by atoms with Crippen LogP contribution in [-0.4, -0.2) is 12.6 Å². The number of nitrogens with one attached hydrogen (secondary N) is 1. The summed E-state index contributed by atoms with van der Waals surface area (Å²) in [5.74, 6) is -0.609. The summed E-state index contributed by atoms with van der Waals surface area (Å²) in [6.07, 6.45) is 1.35. The smallest absolute Gasteiger partial charge is 0.350 e. The molecule has 0 saturated carbocycles. The quantitative estimate of drug-likeness (QED) is 0.481. The first-order valence-corrected chi connectivity index (χ1v) is 5.28. The van der Waals surface area contributed by atoms with Gasteiger partial charge in [0.2, 0.25) is 0 Å². The largest absolute Gasteiger partial charge is 0.462 e. The number of ether oxygens (including phenoxy) is 1. The molecule has 0 aromatic carbocycles. The second kappa shape index (κ2) is 5.83. The third-order valence-corrected chi connectivity index (χ3v) is 2.20. The van der Waals surface area contributed by atoms with Crippen molar-refractivity contribution in [3.05, 3.63) is 28.6 Å². The fourth-order valence-electron chi connectivity index (χ4n) is 0.848. The minimum atomic E-state index is -0.609. The van der Waals surface area contributed by atoms with Crippen molar-refractivity contribution in [2.45, 2.75) is 6.92 Å². The number of nitrogens with zero attached hydrogens (tertiary/aromatic N) is 1. The molecule has 0 aliphatic heterocycles. The summed E-state index contributed by atoms with van der Waals surface area (Å²) < 4.78 is 4.70. The molecule has 0 aliphatic carbocycles. The molecule has 0 unspecified atom stereocenters. The molecule has 5 heteroatoms. The first kappa shape index (κ1) is 11.3. The number of carbonyl (C=O) groups excluding carboxylic acids is 1. The Balaban J connectivity index is 2.63. The van der Waals surface area contributed by atoms with Crippen molar-refractivity contribution >= 4 is 23.0 Å². The zero-order chi connectivity index (χ0) is 11.1. The predicted molar refractivity (Wildman–Crippen MR) is 58.3 cm³/mol. The number of hydrogen-bond donors (Lipinski definition) is 1. The number of hydrogen-bond acceptors (Lipinski definition) is 5. The van der Waals surface area contributed by atoms with E-state index in [0.29, 0.717) is 0 Å². The SMILES string of the molecule is CCOC(=O)C(C#N)=CNc1ccsc1. The van der Waals surface area contributed by atoms with Crippen LogP contribution in [0.1, 0.15) is 6.92 Å². The summed E-state index contributed by atoms with van der Waals surface area (Å²) in [5, 5.41) is 15.3. The Morgan fingerprint density at radius 2 is 2.60 bits per heavy atom. The molecular weight excluding hydrogens is 212 g/mol. The molecule has 0 amide bonds. The van der Waals surface area contributed by atoms with E-state index in [1.54, 1.807) is 13.0 Å². The number of anilines is 1. The maximum atomic E-state index is 11.2. The van der Waals surface area contributed by atoms with E-state index < -0.39 is 5.97 Å². The number of rotatable bonds is 4. The van der Waals surface area contributed by atoms with Gasteiger partial charge in [0.15, 0.2) is 5.57 Å². The van der Waals surface area contributed by atoms with Gasteiger partial charge in [-0.25, -0.2) is 4.79 Å². The second-order valence-electron chi connectivity index (χ2n) is 2.55. The number of esters is 1. The molecular formula is C10H10N2O2S. The number of nitriles is 1. The summed E-state index contributed by atoms with van der Waals surface area (Å²) in [5.41, 5.74) is 0.806. The van der Waals surface area contributed by atoms with Gasteiger partial charge in [-0.15, -0.1) is 0 Å². The van der Waals surface area contributed by atoms with Gasteiger partial charge in [-0.2, -0.15) is 16.6 Å². The van der Waals surface area contributed by atoms with Crippen molar-refractivity contribution in [2.75, 3.05) is 11.9 Å². The minimum Gasteiger partial charge on any atom is -0.462 e. The molecule has 0 fully saturated rings. The highest BCUT2D eigenvalue weighted by Gasteiger charge is 2.08. The van der Waals surface area contributed by atoms with Gasteiger partial charge in [0.25, 0.3) is 0 Å². The van der Waals surface area contributed by atoms with Gasteiger partial charge in [0.1, 0.15) is 6.07 Å². The lowest BCUT2D eigenvalue weighted by molar-refractivity contribution is -0.138. The lowest BCUT2D eigenvalue weighted by Gasteiger charge is -2.00. The van der Waals surface area contributed by atoms with E-state index in [4.69, 9.17) is 10.00 Å². The molecule has 4 nitrogen and oxygen atoms in total. The highest BCUT2D eigenvalue weighted by molar-refractivity contribution is 7.08. The van der Waals surface area contributed by atoms with Crippen LogP contribution in [0.25, 0.3) is 0 Å². The van der Waals surface area contributed by atoms with Crippen molar-refractivity contribution < 1.29 is 9.53 Å². The van der Waals surface area contributed by atoms with Gasteiger partial charge >= 0.3 is 5.97 Å². The zero-order valence-corrected chi connectivity index (χ0v) is 9.00. The zero-order valence-electron chi connectivity index (χ0n) is 8.19. The Kier molecular flexibility index (Phi) is 4.38. The van der Waals surface area contributed by atoms with Gasteiger partial charge in [0, 0.05) is 17.3 Å². The Labute approximate surface area is 91.8 Å². The van der Waals surface area contributed by atoms with Crippen LogP contribution < -0.4 is 5.32 Å². The Bertz CT molecular complexity index is 390. The Morgan fingerprint density at radius 1 is 1.80 bits per heavy atom. The highest BCUT2D eigenvalue weighted by Crippen LogP contribution is 2.12. The van der Waals surface area contributed by atoms with Crippen molar-refractivity contribution in [2.24, 2.45) is 0 Å². The lowest BCUT2D eigenvalue weighted by Crippen LogP contribution is -2.07. The predicted octanol–water partition coefficient (Wildman–Crippen LogP) is 2.13. The summed E-state index contributed by atoms with van der Waals surface area (Å²) in [6, 6.07) is 3.63. The van der Waals surface area contributed by atoms with Crippen molar-refractivity contribution in [1.82, 2.24) is 0 Å². The summed E-state index contributed by atoms with van der Waals surface area (Å²) in [4.78, 5) is 11.2. The van der Waals surface area contributed by atoms with Crippen LogP contribution in [0.3, 0.4) is 0 Å².